The molecule has 1 unspecified atom stereocenters. The molecule has 148 valence electrons. The second kappa shape index (κ2) is 8.53. The number of anilines is 1. The summed E-state index contributed by atoms with van der Waals surface area (Å²) in [6, 6.07) is 10.9. The van der Waals surface area contributed by atoms with E-state index in [1.54, 1.807) is 23.5 Å². The molecule has 0 saturated heterocycles. The van der Waals surface area contributed by atoms with Crippen LogP contribution >= 0.6 is 0 Å². The lowest BCUT2D eigenvalue weighted by molar-refractivity contribution is -0.127. The summed E-state index contributed by atoms with van der Waals surface area (Å²) in [4.78, 5) is 34.3. The molecule has 4 N–H and O–H groups in total. The first-order chi connectivity index (χ1) is 13.1. The van der Waals surface area contributed by atoms with Crippen molar-refractivity contribution in [2.75, 3.05) is 4.72 Å². The monoisotopic (exact) mass is 405 g/mol. The predicted octanol–water partition coefficient (Wildman–Crippen LogP) is 1.54. The maximum absolute atomic E-state index is 12.6. The van der Waals surface area contributed by atoms with Crippen molar-refractivity contribution in [2.45, 2.75) is 24.8 Å². The highest BCUT2D eigenvalue weighted by molar-refractivity contribution is 7.92. The van der Waals surface area contributed by atoms with Gasteiger partial charge in [-0.1, -0.05) is 18.2 Å². The van der Waals surface area contributed by atoms with Gasteiger partial charge in [-0.15, -0.1) is 0 Å². The average Bonchev–Trinajstić information content (AvgIpc) is 2.60. The summed E-state index contributed by atoms with van der Waals surface area (Å²) in [6.45, 7) is 3.07. The van der Waals surface area contributed by atoms with E-state index >= 15 is 0 Å². The molecule has 3 amide bonds. The summed E-state index contributed by atoms with van der Waals surface area (Å²) in [5.74, 6) is -1.83. The SMILES string of the molecule is Cc1cccc(NS(=O)(=O)c2cccc(C(=O)OC(C)C(=O)NC(N)=O)c2)c1. The molecule has 0 aliphatic carbocycles. The third kappa shape index (κ3) is 5.55. The number of nitrogens with two attached hydrogens (primary N) is 1. The van der Waals surface area contributed by atoms with E-state index in [9.17, 15) is 22.8 Å². The van der Waals surface area contributed by atoms with Crippen molar-refractivity contribution >= 4 is 33.6 Å². The zero-order valence-electron chi connectivity index (χ0n) is 15.1. The van der Waals surface area contributed by atoms with E-state index in [-0.39, 0.29) is 10.5 Å². The van der Waals surface area contributed by atoms with Crippen LogP contribution in [0.4, 0.5) is 10.5 Å². The minimum absolute atomic E-state index is 0.0779. The Labute approximate surface area is 161 Å². The summed E-state index contributed by atoms with van der Waals surface area (Å²) >= 11 is 0. The van der Waals surface area contributed by atoms with Gasteiger partial charge in [0.25, 0.3) is 15.9 Å². The zero-order chi connectivity index (χ0) is 20.9. The lowest BCUT2D eigenvalue weighted by atomic mass is 10.2. The third-order valence-electron chi connectivity index (χ3n) is 3.55. The molecular formula is C18H19N3O6S. The van der Waals surface area contributed by atoms with Gasteiger partial charge in [0.2, 0.25) is 0 Å². The number of urea groups is 1. The van der Waals surface area contributed by atoms with E-state index in [2.05, 4.69) is 4.72 Å². The van der Waals surface area contributed by atoms with E-state index in [1.165, 1.54) is 25.1 Å². The quantitative estimate of drug-likeness (QED) is 0.622. The van der Waals surface area contributed by atoms with Gasteiger partial charge >= 0.3 is 12.0 Å². The van der Waals surface area contributed by atoms with Crippen LogP contribution in [0.2, 0.25) is 0 Å². The number of sulfonamides is 1. The van der Waals surface area contributed by atoms with E-state index in [1.807, 2.05) is 13.0 Å². The Balaban J connectivity index is 2.17. The van der Waals surface area contributed by atoms with Crippen molar-refractivity contribution in [3.63, 3.8) is 0 Å². The van der Waals surface area contributed by atoms with Crippen molar-refractivity contribution in [1.29, 1.82) is 0 Å². The van der Waals surface area contributed by atoms with Gasteiger partial charge in [-0.25, -0.2) is 18.0 Å². The molecule has 2 aromatic carbocycles. The molecule has 28 heavy (non-hydrogen) atoms. The van der Waals surface area contributed by atoms with Crippen LogP contribution < -0.4 is 15.8 Å². The van der Waals surface area contributed by atoms with Crippen molar-refractivity contribution < 1.29 is 27.5 Å². The van der Waals surface area contributed by atoms with Crippen LogP contribution in [0.1, 0.15) is 22.8 Å². The molecule has 0 bridgehead atoms. The highest BCUT2D eigenvalue weighted by Crippen LogP contribution is 2.18. The lowest BCUT2D eigenvalue weighted by Crippen LogP contribution is -2.42. The number of carbonyl (C=O) groups is 3. The standard InChI is InChI=1S/C18H19N3O6S/c1-11-5-3-7-14(9-11)21-28(25,26)15-8-4-6-13(10-15)17(23)27-12(2)16(22)20-18(19)24/h3-10,12,21H,1-2H3,(H3,19,20,22,24). The molecule has 1 atom stereocenters. The fourth-order valence-electron chi connectivity index (χ4n) is 2.22. The highest BCUT2D eigenvalue weighted by atomic mass is 32.2. The van der Waals surface area contributed by atoms with Crippen molar-refractivity contribution in [2.24, 2.45) is 5.73 Å². The Hall–Kier alpha value is -3.40. The molecule has 0 heterocycles. The normalized spacial score (nSPS) is 11.9. The molecule has 0 aliphatic heterocycles. The fourth-order valence-corrected chi connectivity index (χ4v) is 3.31. The van der Waals surface area contributed by atoms with Gasteiger partial charge in [-0.3, -0.25) is 14.8 Å². The van der Waals surface area contributed by atoms with Gasteiger partial charge in [0.1, 0.15) is 0 Å². The minimum Gasteiger partial charge on any atom is -0.449 e. The number of primary amides is 1. The number of carbonyl (C=O) groups excluding carboxylic acids is 3. The number of imide groups is 1. The molecule has 0 spiro atoms. The van der Waals surface area contributed by atoms with Crippen molar-refractivity contribution in [1.82, 2.24) is 5.32 Å². The van der Waals surface area contributed by atoms with Gasteiger partial charge in [0.15, 0.2) is 6.10 Å². The van der Waals surface area contributed by atoms with Gasteiger partial charge in [0.05, 0.1) is 10.5 Å². The van der Waals surface area contributed by atoms with Gasteiger partial charge in [-0.2, -0.15) is 0 Å². The van der Waals surface area contributed by atoms with Gasteiger partial charge < -0.3 is 10.5 Å². The fraction of sp³-hybridized carbons (Fsp3) is 0.167. The largest absolute Gasteiger partial charge is 0.449 e. The molecule has 0 fully saturated rings. The Morgan fingerprint density at radius 1 is 1.07 bits per heavy atom. The highest BCUT2D eigenvalue weighted by Gasteiger charge is 2.22. The lowest BCUT2D eigenvalue weighted by Gasteiger charge is -2.13. The first kappa shape index (κ1) is 20.9. The summed E-state index contributed by atoms with van der Waals surface area (Å²) in [6.07, 6.45) is -1.30. The summed E-state index contributed by atoms with van der Waals surface area (Å²) in [5, 5.41) is 1.78. The molecule has 2 rings (SSSR count). The second-order valence-electron chi connectivity index (χ2n) is 5.90. The number of hydrogen-bond acceptors (Lipinski definition) is 6. The van der Waals surface area contributed by atoms with Crippen LogP contribution in [0.5, 0.6) is 0 Å². The zero-order valence-corrected chi connectivity index (χ0v) is 15.9. The Morgan fingerprint density at radius 3 is 2.39 bits per heavy atom. The Bertz CT molecular complexity index is 1020. The molecule has 0 aliphatic rings. The van der Waals surface area contributed by atoms with Crippen molar-refractivity contribution in [3.8, 4) is 0 Å². The minimum atomic E-state index is -3.95. The molecule has 0 saturated carbocycles. The average molecular weight is 405 g/mol. The predicted molar refractivity (Wildman–Crippen MR) is 101 cm³/mol. The van der Waals surface area contributed by atoms with Crippen LogP contribution in [0.25, 0.3) is 0 Å². The maximum atomic E-state index is 12.6. The van der Waals surface area contributed by atoms with Gasteiger partial charge in [0, 0.05) is 5.69 Å². The van der Waals surface area contributed by atoms with Crippen molar-refractivity contribution in [3.05, 3.63) is 59.7 Å². The third-order valence-corrected chi connectivity index (χ3v) is 4.93. The molecule has 9 nitrogen and oxygen atoms in total. The van der Waals surface area contributed by atoms with E-state index in [4.69, 9.17) is 10.5 Å². The van der Waals surface area contributed by atoms with Crippen LogP contribution in [0.3, 0.4) is 0 Å². The number of amides is 3. The number of aryl methyl sites for hydroxylation is 1. The first-order valence-electron chi connectivity index (χ1n) is 8.09. The van der Waals surface area contributed by atoms with Crippen LogP contribution in [0.15, 0.2) is 53.4 Å². The number of hydrogen-bond donors (Lipinski definition) is 3. The summed E-state index contributed by atoms with van der Waals surface area (Å²) in [7, 11) is -3.95. The number of benzene rings is 2. The topological polar surface area (TPSA) is 145 Å². The number of rotatable bonds is 6. The van der Waals surface area contributed by atoms with E-state index in [0.29, 0.717) is 5.69 Å². The molecule has 10 heteroatoms. The van der Waals surface area contributed by atoms with Crippen LogP contribution in [-0.2, 0) is 19.6 Å². The van der Waals surface area contributed by atoms with Crippen LogP contribution in [-0.4, -0.2) is 32.4 Å². The van der Waals surface area contributed by atoms with E-state index in [0.717, 1.165) is 11.6 Å². The summed E-state index contributed by atoms with van der Waals surface area (Å²) in [5.41, 5.74) is 6.01. The number of esters is 1. The molecule has 2 aromatic rings. The Kier molecular flexibility index (Phi) is 6.37. The smallest absolute Gasteiger partial charge is 0.338 e. The van der Waals surface area contributed by atoms with Gasteiger partial charge in [-0.05, 0) is 49.7 Å². The maximum Gasteiger partial charge on any atom is 0.338 e. The second-order valence-corrected chi connectivity index (χ2v) is 7.59. The number of ether oxygens (including phenoxy) is 1. The summed E-state index contributed by atoms with van der Waals surface area (Å²) < 4.78 is 32.5. The molecule has 0 radical (unpaired) electrons. The number of nitrogens with one attached hydrogen (secondary N) is 2. The Morgan fingerprint density at radius 2 is 1.75 bits per heavy atom. The molecule has 0 aromatic heterocycles. The molecular weight excluding hydrogens is 386 g/mol. The van der Waals surface area contributed by atoms with Crippen LogP contribution in [0, 0.1) is 6.92 Å². The van der Waals surface area contributed by atoms with E-state index < -0.39 is 34.0 Å². The first-order valence-corrected chi connectivity index (χ1v) is 9.57.